The van der Waals surface area contributed by atoms with E-state index in [-0.39, 0.29) is 17.2 Å². The van der Waals surface area contributed by atoms with E-state index in [0.717, 1.165) is 0 Å². The van der Waals surface area contributed by atoms with Crippen LogP contribution in [0.15, 0.2) is 51.8 Å². The Morgan fingerprint density at radius 3 is 2.38 bits per heavy atom. The molecule has 1 atom stereocenters. The molecule has 0 spiro atoms. The number of halogens is 1. The second-order valence-electron chi connectivity index (χ2n) is 7.71. The second kappa shape index (κ2) is 11.1. The number of nitrogens with two attached hydrogens (primary N) is 1. The number of rotatable bonds is 8. The van der Waals surface area contributed by atoms with E-state index in [9.17, 15) is 18.0 Å². The average Bonchev–Trinajstić information content (AvgIpc) is 2.79. The first-order valence-corrected chi connectivity index (χ1v) is 12.7. The Morgan fingerprint density at radius 2 is 1.79 bits per heavy atom. The molecule has 1 fully saturated rings. The number of carbonyl (C=O) groups is 2. The Bertz CT molecular complexity index is 1180. The zero-order valence-corrected chi connectivity index (χ0v) is 20.9. The molecule has 1 heterocycles. The maximum Gasteiger partial charge on any atom is 0.244 e. The predicted octanol–water partition coefficient (Wildman–Crippen LogP) is 1.96. The van der Waals surface area contributed by atoms with E-state index >= 15 is 0 Å². The first-order valence-electron chi connectivity index (χ1n) is 10.5. The van der Waals surface area contributed by atoms with Crippen LogP contribution >= 0.6 is 15.9 Å². The van der Waals surface area contributed by atoms with E-state index < -0.39 is 27.9 Å². The summed E-state index contributed by atoms with van der Waals surface area (Å²) >= 11 is 3.34. The van der Waals surface area contributed by atoms with Gasteiger partial charge < -0.3 is 21.1 Å². The first-order chi connectivity index (χ1) is 16.1. The lowest BCUT2D eigenvalue weighted by Crippen LogP contribution is -2.40. The number of nitrogen functional groups attached to an aromatic ring is 1. The van der Waals surface area contributed by atoms with Gasteiger partial charge in [-0.3, -0.25) is 15.0 Å². The topological polar surface area (TPSA) is 155 Å². The van der Waals surface area contributed by atoms with Crippen LogP contribution in [0.1, 0.15) is 30.5 Å². The van der Waals surface area contributed by atoms with Gasteiger partial charge in [-0.05, 0) is 64.8 Å². The minimum Gasteiger partial charge on any atom is -0.384 e. The summed E-state index contributed by atoms with van der Waals surface area (Å²) in [5, 5.41) is 12.7. The lowest BCUT2D eigenvalue weighted by Gasteiger charge is -2.26. The molecule has 2 aromatic carbocycles. The number of morpholine rings is 1. The molecule has 0 unspecified atom stereocenters. The van der Waals surface area contributed by atoms with E-state index in [1.807, 2.05) is 0 Å². The van der Waals surface area contributed by atoms with Crippen LogP contribution in [0.25, 0.3) is 0 Å². The Labute approximate surface area is 206 Å². The van der Waals surface area contributed by atoms with Crippen LogP contribution in [0.5, 0.6) is 0 Å². The number of benzene rings is 2. The van der Waals surface area contributed by atoms with Crippen LogP contribution in [0, 0.1) is 5.41 Å². The molecule has 10 nitrogen and oxygen atoms in total. The summed E-state index contributed by atoms with van der Waals surface area (Å²) in [6, 6.07) is 10.7. The molecule has 1 aliphatic heterocycles. The van der Waals surface area contributed by atoms with E-state index in [1.165, 1.54) is 10.4 Å². The summed E-state index contributed by atoms with van der Waals surface area (Å²) in [5.74, 6) is -1.05. The van der Waals surface area contributed by atoms with E-state index in [4.69, 9.17) is 15.9 Å². The minimum absolute atomic E-state index is 0.0791. The lowest BCUT2D eigenvalue weighted by molar-refractivity contribution is -0.127. The summed E-state index contributed by atoms with van der Waals surface area (Å²) in [6.45, 7) is 3.05. The van der Waals surface area contributed by atoms with Crippen molar-refractivity contribution in [2.45, 2.75) is 24.3 Å². The van der Waals surface area contributed by atoms with Gasteiger partial charge in [-0.15, -0.1) is 0 Å². The molecule has 34 heavy (non-hydrogen) atoms. The molecule has 12 heteroatoms. The fourth-order valence-electron chi connectivity index (χ4n) is 3.38. The van der Waals surface area contributed by atoms with Crippen LogP contribution in [-0.4, -0.2) is 56.7 Å². The van der Waals surface area contributed by atoms with Crippen molar-refractivity contribution in [3.8, 4) is 0 Å². The molecule has 0 aliphatic carbocycles. The fourth-order valence-corrected chi connectivity index (χ4v) is 5.85. The standard InChI is InChI=1S/C22H26BrN5O5S/c1-14(26-20(29)13-21(30)27-17-5-2-15(3-6-17)22(24)25)16-4-7-19(18(23)12-16)34(31,32)28-8-10-33-11-9-28/h2-7,12,14H,8-11,13H2,1H3,(H3,24,25)(H,26,29)(H,27,30)/t14-/m0/s1. The van der Waals surface area contributed by atoms with Crippen LogP contribution in [-0.2, 0) is 24.3 Å². The van der Waals surface area contributed by atoms with Gasteiger partial charge in [-0.2, -0.15) is 4.31 Å². The molecule has 182 valence electrons. The number of nitrogens with zero attached hydrogens (tertiary/aromatic N) is 1. The Kier molecular flexibility index (Phi) is 8.42. The summed E-state index contributed by atoms with van der Waals surface area (Å²) in [4.78, 5) is 24.7. The second-order valence-corrected chi connectivity index (χ2v) is 10.5. The Hall–Kier alpha value is -2.80. The highest BCUT2D eigenvalue weighted by Gasteiger charge is 2.28. The van der Waals surface area contributed by atoms with Gasteiger partial charge in [0.15, 0.2) is 0 Å². The van der Waals surface area contributed by atoms with Crippen LogP contribution in [0.4, 0.5) is 5.69 Å². The van der Waals surface area contributed by atoms with Gasteiger partial charge in [-0.25, -0.2) is 8.42 Å². The average molecular weight is 552 g/mol. The molecule has 0 radical (unpaired) electrons. The van der Waals surface area contributed by atoms with Crippen LogP contribution in [0.2, 0.25) is 0 Å². The normalized spacial score (nSPS) is 15.4. The summed E-state index contributed by atoms with van der Waals surface area (Å²) in [7, 11) is -3.66. The third kappa shape index (κ3) is 6.41. The highest BCUT2D eigenvalue weighted by atomic mass is 79.9. The van der Waals surface area contributed by atoms with Crippen molar-refractivity contribution in [1.29, 1.82) is 5.41 Å². The van der Waals surface area contributed by atoms with Gasteiger partial charge in [0.05, 0.1) is 24.2 Å². The quantitative estimate of drug-likeness (QED) is 0.223. The van der Waals surface area contributed by atoms with Crippen molar-refractivity contribution in [3.05, 3.63) is 58.1 Å². The third-order valence-corrected chi connectivity index (χ3v) is 8.10. The number of amides is 2. The molecule has 5 N–H and O–H groups in total. The van der Waals surface area contributed by atoms with Gasteiger partial charge in [0, 0.05) is 28.8 Å². The number of amidine groups is 1. The van der Waals surface area contributed by atoms with Crippen molar-refractivity contribution in [1.82, 2.24) is 9.62 Å². The van der Waals surface area contributed by atoms with Gasteiger partial charge in [0.2, 0.25) is 21.8 Å². The Balaban J connectivity index is 1.58. The number of hydrogen-bond donors (Lipinski definition) is 4. The smallest absolute Gasteiger partial charge is 0.244 e. The third-order valence-electron chi connectivity index (χ3n) is 5.22. The molecular formula is C22H26BrN5O5S. The zero-order valence-electron chi connectivity index (χ0n) is 18.5. The van der Waals surface area contributed by atoms with Gasteiger partial charge in [0.1, 0.15) is 12.3 Å². The zero-order chi connectivity index (χ0) is 24.9. The van der Waals surface area contributed by atoms with Gasteiger partial charge in [-0.1, -0.05) is 6.07 Å². The van der Waals surface area contributed by atoms with Crippen LogP contribution < -0.4 is 16.4 Å². The number of anilines is 1. The molecular weight excluding hydrogens is 526 g/mol. The molecule has 2 aromatic rings. The number of nitrogens with one attached hydrogen (secondary N) is 3. The summed E-state index contributed by atoms with van der Waals surface area (Å²) < 4.78 is 32.8. The number of ether oxygens (including phenoxy) is 1. The maximum atomic E-state index is 12.9. The van der Waals surface area contributed by atoms with Crippen molar-refractivity contribution < 1.29 is 22.7 Å². The SMILES string of the molecule is C[C@H](NC(=O)CC(=O)Nc1ccc(C(=N)N)cc1)c1ccc(S(=O)(=O)N2CCOCC2)c(Br)c1. The highest BCUT2D eigenvalue weighted by Crippen LogP contribution is 2.28. The first kappa shape index (κ1) is 25.8. The summed E-state index contributed by atoms with van der Waals surface area (Å²) in [6.07, 6.45) is -0.385. The molecule has 3 rings (SSSR count). The molecule has 0 saturated carbocycles. The maximum absolute atomic E-state index is 12.9. The van der Waals surface area contributed by atoms with Crippen LogP contribution in [0.3, 0.4) is 0 Å². The Morgan fingerprint density at radius 1 is 1.15 bits per heavy atom. The van der Waals surface area contributed by atoms with E-state index in [2.05, 4.69) is 26.6 Å². The van der Waals surface area contributed by atoms with Crippen molar-refractivity contribution in [2.24, 2.45) is 5.73 Å². The molecule has 0 bridgehead atoms. The molecule has 1 saturated heterocycles. The monoisotopic (exact) mass is 551 g/mol. The van der Waals surface area contributed by atoms with Crippen molar-refractivity contribution in [2.75, 3.05) is 31.6 Å². The van der Waals surface area contributed by atoms with Gasteiger partial charge >= 0.3 is 0 Å². The summed E-state index contributed by atoms with van der Waals surface area (Å²) in [5.41, 5.74) is 7.09. The minimum atomic E-state index is -3.66. The van der Waals surface area contributed by atoms with Gasteiger partial charge in [0.25, 0.3) is 0 Å². The molecule has 1 aliphatic rings. The number of carbonyl (C=O) groups excluding carboxylic acids is 2. The van der Waals surface area contributed by atoms with E-state index in [0.29, 0.717) is 47.6 Å². The number of sulfonamides is 1. The van der Waals surface area contributed by atoms with Crippen molar-refractivity contribution in [3.63, 3.8) is 0 Å². The van der Waals surface area contributed by atoms with Crippen molar-refractivity contribution >= 4 is 49.3 Å². The fraction of sp³-hybridized carbons (Fsp3) is 0.318. The number of hydrogen-bond acceptors (Lipinski definition) is 6. The highest BCUT2D eigenvalue weighted by molar-refractivity contribution is 9.10. The largest absolute Gasteiger partial charge is 0.384 e. The lowest BCUT2D eigenvalue weighted by atomic mass is 10.1. The molecule has 2 amide bonds. The molecule has 0 aromatic heterocycles. The predicted molar refractivity (Wildman–Crippen MR) is 131 cm³/mol. The van der Waals surface area contributed by atoms with E-state index in [1.54, 1.807) is 43.3 Å².